The van der Waals surface area contributed by atoms with E-state index in [1.54, 1.807) is 6.92 Å². The molecular formula is C26H30N6O3. The van der Waals surface area contributed by atoms with Gasteiger partial charge in [-0.25, -0.2) is 14.9 Å². The maximum atomic E-state index is 12.0. The van der Waals surface area contributed by atoms with Gasteiger partial charge in [0.1, 0.15) is 11.4 Å². The quantitative estimate of drug-likeness (QED) is 0.310. The van der Waals surface area contributed by atoms with Crippen LogP contribution in [0.3, 0.4) is 0 Å². The minimum absolute atomic E-state index is 0.0748. The molecule has 0 spiro atoms. The van der Waals surface area contributed by atoms with Crippen LogP contribution in [0.15, 0.2) is 48.5 Å². The van der Waals surface area contributed by atoms with Crippen molar-refractivity contribution in [1.82, 2.24) is 30.2 Å². The molecule has 0 amide bonds. The van der Waals surface area contributed by atoms with E-state index in [2.05, 4.69) is 32.5 Å². The van der Waals surface area contributed by atoms with E-state index in [0.29, 0.717) is 36.7 Å². The molecule has 0 aliphatic carbocycles. The van der Waals surface area contributed by atoms with Crippen molar-refractivity contribution in [2.24, 2.45) is 0 Å². The molecule has 0 aliphatic rings. The van der Waals surface area contributed by atoms with Gasteiger partial charge in [0.15, 0.2) is 11.5 Å². The van der Waals surface area contributed by atoms with Crippen LogP contribution in [0.25, 0.3) is 22.5 Å². The zero-order chi connectivity index (χ0) is 25.0. The molecule has 2 heterocycles. The Labute approximate surface area is 203 Å². The number of aliphatic hydroxyl groups is 1. The number of hydrogen-bond acceptors (Lipinski definition) is 6. The summed E-state index contributed by atoms with van der Waals surface area (Å²) in [6.07, 6.45) is 2.87. The Kier molecular flexibility index (Phi) is 7.07. The van der Waals surface area contributed by atoms with Crippen LogP contribution in [0.2, 0.25) is 0 Å². The summed E-state index contributed by atoms with van der Waals surface area (Å²) < 4.78 is 1.88. The molecule has 4 aromatic rings. The molecule has 2 aromatic heterocycles. The number of carbonyl (C=O) groups is 1. The van der Waals surface area contributed by atoms with Gasteiger partial charge in [0.25, 0.3) is 0 Å². The molecular weight excluding hydrogens is 444 g/mol. The zero-order valence-electron chi connectivity index (χ0n) is 20.2. The van der Waals surface area contributed by atoms with E-state index >= 15 is 0 Å². The second-order valence-corrected chi connectivity index (χ2v) is 8.84. The van der Waals surface area contributed by atoms with Crippen LogP contribution in [-0.4, -0.2) is 46.4 Å². The van der Waals surface area contributed by atoms with Crippen LogP contribution in [0.5, 0.6) is 0 Å². The highest BCUT2D eigenvalue weighted by molar-refractivity contribution is 5.87. The van der Waals surface area contributed by atoms with Gasteiger partial charge in [-0.05, 0) is 46.9 Å². The Morgan fingerprint density at radius 2 is 1.80 bits per heavy atom. The summed E-state index contributed by atoms with van der Waals surface area (Å²) in [7, 11) is 0. The smallest absolute Gasteiger partial charge is 0.356 e. The number of nitrogens with one attached hydrogen (secondary N) is 1. The number of benzene rings is 2. The van der Waals surface area contributed by atoms with E-state index in [1.807, 2.05) is 60.0 Å². The molecule has 0 radical (unpaired) electrons. The SMILES string of the molecule is CCCCc1nc(C(=O)O)c(C(C)(O)CC)n1Cc1ccc(-c2ccccc2-c2nnn[nH]2)cc1. The van der Waals surface area contributed by atoms with Crippen molar-refractivity contribution >= 4 is 5.97 Å². The summed E-state index contributed by atoms with van der Waals surface area (Å²) in [5, 5.41) is 35.1. The van der Waals surface area contributed by atoms with E-state index in [0.717, 1.165) is 35.1 Å². The monoisotopic (exact) mass is 474 g/mol. The van der Waals surface area contributed by atoms with Crippen molar-refractivity contribution in [2.45, 2.75) is 58.6 Å². The molecule has 1 unspecified atom stereocenters. The maximum absolute atomic E-state index is 12.0. The molecule has 9 nitrogen and oxygen atoms in total. The standard InChI is InChI=1S/C26H30N6O3/c1-4-6-11-21-27-22(25(33)34)23(26(3,35)5-2)32(21)16-17-12-14-18(15-13-17)19-9-7-8-10-20(19)24-28-30-31-29-24/h7-10,12-15,35H,4-6,11,16H2,1-3H3,(H,33,34)(H,28,29,30,31). The van der Waals surface area contributed by atoms with Crippen molar-refractivity contribution in [1.29, 1.82) is 0 Å². The second kappa shape index (κ2) is 10.2. The second-order valence-electron chi connectivity index (χ2n) is 8.84. The number of imidazole rings is 1. The minimum Gasteiger partial charge on any atom is -0.476 e. The fourth-order valence-electron chi connectivity index (χ4n) is 4.24. The molecule has 0 saturated carbocycles. The van der Waals surface area contributed by atoms with Gasteiger partial charge in [-0.15, -0.1) is 5.10 Å². The number of unbranched alkanes of at least 4 members (excludes halogenated alkanes) is 1. The number of rotatable bonds is 10. The number of aryl methyl sites for hydroxylation is 1. The van der Waals surface area contributed by atoms with Crippen molar-refractivity contribution in [3.63, 3.8) is 0 Å². The van der Waals surface area contributed by atoms with Gasteiger partial charge in [0.05, 0.1) is 5.69 Å². The average molecular weight is 475 g/mol. The van der Waals surface area contributed by atoms with Crippen molar-refractivity contribution in [3.05, 3.63) is 71.3 Å². The van der Waals surface area contributed by atoms with Crippen molar-refractivity contribution in [3.8, 4) is 22.5 Å². The zero-order valence-corrected chi connectivity index (χ0v) is 20.2. The number of carboxylic acid groups (broad SMARTS) is 1. The lowest BCUT2D eigenvalue weighted by molar-refractivity contribution is 0.0408. The molecule has 35 heavy (non-hydrogen) atoms. The van der Waals surface area contributed by atoms with E-state index in [1.165, 1.54) is 0 Å². The van der Waals surface area contributed by atoms with Gasteiger partial charge < -0.3 is 14.8 Å². The number of aromatic nitrogens is 6. The van der Waals surface area contributed by atoms with Gasteiger partial charge in [-0.2, -0.15) is 0 Å². The van der Waals surface area contributed by atoms with E-state index in [-0.39, 0.29) is 5.69 Å². The summed E-state index contributed by atoms with van der Waals surface area (Å²) in [6, 6.07) is 16.0. The third-order valence-electron chi connectivity index (χ3n) is 6.33. The summed E-state index contributed by atoms with van der Waals surface area (Å²) in [5.41, 5.74) is 2.84. The Bertz CT molecular complexity index is 1290. The molecule has 0 aliphatic heterocycles. The Morgan fingerprint density at radius 3 is 2.40 bits per heavy atom. The maximum Gasteiger partial charge on any atom is 0.356 e. The molecule has 4 rings (SSSR count). The largest absolute Gasteiger partial charge is 0.476 e. The van der Waals surface area contributed by atoms with Gasteiger partial charge in [-0.1, -0.05) is 68.8 Å². The highest BCUT2D eigenvalue weighted by Crippen LogP contribution is 2.32. The Hall–Kier alpha value is -3.85. The lowest BCUT2D eigenvalue weighted by Gasteiger charge is -2.25. The number of aromatic carboxylic acids is 1. The van der Waals surface area contributed by atoms with Crippen LogP contribution in [-0.2, 0) is 18.6 Å². The van der Waals surface area contributed by atoms with Gasteiger partial charge in [0.2, 0.25) is 0 Å². The van der Waals surface area contributed by atoms with E-state index < -0.39 is 11.6 Å². The number of aromatic amines is 1. The van der Waals surface area contributed by atoms with Crippen LogP contribution < -0.4 is 0 Å². The van der Waals surface area contributed by atoms with Gasteiger partial charge in [-0.3, -0.25) is 0 Å². The number of H-pyrrole nitrogens is 1. The average Bonchev–Trinajstić information content (AvgIpc) is 3.52. The molecule has 9 heteroatoms. The predicted molar refractivity (Wildman–Crippen MR) is 132 cm³/mol. The number of hydrogen-bond donors (Lipinski definition) is 3. The molecule has 3 N–H and O–H groups in total. The van der Waals surface area contributed by atoms with Crippen molar-refractivity contribution < 1.29 is 15.0 Å². The van der Waals surface area contributed by atoms with Gasteiger partial charge in [0, 0.05) is 18.5 Å². The van der Waals surface area contributed by atoms with Crippen LogP contribution in [0, 0.1) is 0 Å². The third kappa shape index (κ3) is 5.00. The fourth-order valence-corrected chi connectivity index (χ4v) is 4.24. The summed E-state index contributed by atoms with van der Waals surface area (Å²) in [4.78, 5) is 16.4. The highest BCUT2D eigenvalue weighted by atomic mass is 16.4. The first kappa shape index (κ1) is 24.3. The molecule has 0 fully saturated rings. The topological polar surface area (TPSA) is 130 Å². The van der Waals surface area contributed by atoms with Gasteiger partial charge >= 0.3 is 5.97 Å². The summed E-state index contributed by atoms with van der Waals surface area (Å²) in [6.45, 7) is 5.98. The predicted octanol–water partition coefficient (Wildman–Crippen LogP) is 4.44. The first-order valence-electron chi connectivity index (χ1n) is 11.8. The van der Waals surface area contributed by atoms with E-state index in [9.17, 15) is 15.0 Å². The summed E-state index contributed by atoms with van der Waals surface area (Å²) >= 11 is 0. The molecule has 0 saturated heterocycles. The molecule has 1 atom stereocenters. The Balaban J connectivity index is 1.72. The first-order valence-corrected chi connectivity index (χ1v) is 11.8. The molecule has 2 aromatic carbocycles. The fraction of sp³-hybridized carbons (Fsp3) is 0.346. The normalized spacial score (nSPS) is 13.0. The number of carboxylic acids is 1. The van der Waals surface area contributed by atoms with Crippen molar-refractivity contribution in [2.75, 3.05) is 0 Å². The highest BCUT2D eigenvalue weighted by Gasteiger charge is 2.34. The van der Waals surface area contributed by atoms with E-state index in [4.69, 9.17) is 0 Å². The van der Waals surface area contributed by atoms with Crippen LogP contribution in [0.4, 0.5) is 0 Å². The van der Waals surface area contributed by atoms with Crippen LogP contribution in [0.1, 0.15) is 67.6 Å². The first-order chi connectivity index (χ1) is 16.9. The lowest BCUT2D eigenvalue weighted by Crippen LogP contribution is -2.27. The number of nitrogens with zero attached hydrogens (tertiary/aromatic N) is 5. The molecule has 0 bridgehead atoms. The van der Waals surface area contributed by atoms with Crippen LogP contribution >= 0.6 is 0 Å². The minimum atomic E-state index is -1.31. The molecule has 182 valence electrons. The lowest BCUT2D eigenvalue weighted by atomic mass is 9.96. The summed E-state index contributed by atoms with van der Waals surface area (Å²) in [5.74, 6) is 0.149. The Morgan fingerprint density at radius 1 is 1.09 bits per heavy atom. The third-order valence-corrected chi connectivity index (χ3v) is 6.33. The number of tetrazole rings is 1.